The molecule has 0 saturated carbocycles. The normalized spacial score (nSPS) is 37.7. The molecule has 13 N–H and O–H groups in total. The summed E-state index contributed by atoms with van der Waals surface area (Å²) < 4.78 is 28.9. The molecule has 0 aromatic heterocycles. The van der Waals surface area contributed by atoms with E-state index in [9.17, 15) is 70.2 Å². The molecule has 21 heteroatoms. The van der Waals surface area contributed by atoms with Gasteiger partial charge < -0.3 is 85.8 Å². The molecule has 0 radical (unpaired) electrons. The number of rotatable bonds is 11. The van der Waals surface area contributed by atoms with Gasteiger partial charge in [0.05, 0.1) is 86.7 Å². The molecule has 3 heterocycles. The molecule has 2 bridgehead atoms. The van der Waals surface area contributed by atoms with Crippen LogP contribution in [0.5, 0.6) is 0 Å². The van der Waals surface area contributed by atoms with Crippen LogP contribution < -0.4 is 11.1 Å². The Kier molecular flexibility index (Phi) is 29.1. The number of nitrogens with one attached hydrogen (secondary N) is 1. The number of methoxy groups -OCH3 is 1. The zero-order valence-corrected chi connectivity index (χ0v) is 47.0. The van der Waals surface area contributed by atoms with Crippen LogP contribution in [0.25, 0.3) is 0 Å². The number of Topliss-reactive ketones (excluding diaryl/α,β-unsaturated/α-hetero) is 2. The summed E-state index contributed by atoms with van der Waals surface area (Å²) in [6.45, 7) is 5.25. The third kappa shape index (κ3) is 23.6. The molecule has 1 aromatic carbocycles. The van der Waals surface area contributed by atoms with Crippen molar-refractivity contribution >= 4 is 29.2 Å². The van der Waals surface area contributed by atoms with Gasteiger partial charge in [0.1, 0.15) is 23.9 Å². The lowest BCUT2D eigenvalue weighted by Crippen LogP contribution is -2.61. The van der Waals surface area contributed by atoms with E-state index in [1.54, 1.807) is 117 Å². The van der Waals surface area contributed by atoms with E-state index in [0.29, 0.717) is 12.0 Å². The smallest absolute Gasteiger partial charge is 0.313 e. The summed E-state index contributed by atoms with van der Waals surface area (Å²) in [5.41, 5.74) is 7.39. The number of benzene rings is 1. The number of hydrogen-bond donors (Lipinski definition) is 12. The summed E-state index contributed by atoms with van der Waals surface area (Å²) in [6.07, 6.45) is 2.92. The van der Waals surface area contributed by atoms with E-state index in [1.165, 1.54) is 0 Å². The summed E-state index contributed by atoms with van der Waals surface area (Å²) in [5, 5.41) is 113. The standard InChI is InChI=1S/C60H88N2O19/c1-36-18-16-14-12-10-8-6-7-9-11-13-15-17-19-48(79-59-56(74)54(61)55(73)38(3)78-59)33-51-53(58(75)77-5)50(71)35-60(76,81-51)34-47(69)30-45(67)28-43(65)26-42(64)27-44(66)29-46(68)32-52(72)80-57(36)37(2)20-25-41(63)31-49(70)39-21-23-40(62-4)24-22-39/h6-19,21-24,36-38,41-43,45-48,50-51,53-57,59,62-65,67-69,71,73-74,76H,20,25-35,61H2,1-5H3/b7-6+,10-8+,11-9+,14-12+,15-13+,18-16+,19-17+/t36?,37?,38?,41?,42?,43?,45?,46?,47?,48?,50?,51?,53?,54?,55?,56?,57?,59-,60?/m0/s1. The maximum absolute atomic E-state index is 13.3. The van der Waals surface area contributed by atoms with Crippen LogP contribution in [0.2, 0.25) is 0 Å². The van der Waals surface area contributed by atoms with Gasteiger partial charge in [-0.25, -0.2) is 0 Å². The second-order valence-corrected chi connectivity index (χ2v) is 21.6. The molecule has 81 heavy (non-hydrogen) atoms. The lowest BCUT2D eigenvalue weighted by Gasteiger charge is -2.45. The number of esters is 2. The van der Waals surface area contributed by atoms with Crippen molar-refractivity contribution in [3.8, 4) is 0 Å². The number of aliphatic hydroxyl groups is 10. The minimum Gasteiger partial charge on any atom is -0.469 e. The van der Waals surface area contributed by atoms with E-state index in [4.69, 9.17) is 29.4 Å². The first-order chi connectivity index (χ1) is 38.4. The number of allylic oxidation sites excluding steroid dienone is 12. The van der Waals surface area contributed by atoms with Crippen molar-refractivity contribution < 1.29 is 93.9 Å². The molecule has 18 unspecified atom stereocenters. The maximum Gasteiger partial charge on any atom is 0.313 e. The molecule has 4 rings (SSSR count). The number of anilines is 1. The fourth-order valence-corrected chi connectivity index (χ4v) is 10.2. The van der Waals surface area contributed by atoms with Crippen molar-refractivity contribution in [3.63, 3.8) is 0 Å². The van der Waals surface area contributed by atoms with Gasteiger partial charge in [-0.2, -0.15) is 0 Å². The van der Waals surface area contributed by atoms with Crippen LogP contribution in [-0.2, 0) is 38.1 Å². The first kappa shape index (κ1) is 68.4. The van der Waals surface area contributed by atoms with Crippen molar-refractivity contribution in [2.45, 2.75) is 195 Å². The van der Waals surface area contributed by atoms with Crippen LogP contribution in [0.3, 0.4) is 0 Å². The highest BCUT2D eigenvalue weighted by molar-refractivity contribution is 5.96. The van der Waals surface area contributed by atoms with E-state index >= 15 is 0 Å². The van der Waals surface area contributed by atoms with E-state index in [0.717, 1.165) is 12.8 Å². The molecule has 3 aliphatic rings. The van der Waals surface area contributed by atoms with Crippen molar-refractivity contribution in [1.82, 2.24) is 0 Å². The monoisotopic (exact) mass is 1140 g/mol. The highest BCUT2D eigenvalue weighted by Gasteiger charge is 2.51. The van der Waals surface area contributed by atoms with Gasteiger partial charge in [-0.05, 0) is 69.2 Å². The van der Waals surface area contributed by atoms with E-state index in [-0.39, 0.29) is 49.7 Å². The SMILES string of the molecule is CNc1ccc(C(=O)CC(O)CCC(C)C2OC(=O)CC(O)CC(=O)CC(O)CC(O)CC(O)CC(O)CC3(O)CC(O)C(C(=O)OC)C(CC(O[C@@H]4OC(C)C(O)C(N)C4O)/C=C/C=C/C=C/C=C/C=C/C=C/C=C/C2C)O3)cc1. The number of aliphatic hydroxyl groups excluding tert-OH is 9. The van der Waals surface area contributed by atoms with Gasteiger partial charge in [0, 0.05) is 62.7 Å². The number of nitrogens with two attached hydrogens (primary N) is 1. The van der Waals surface area contributed by atoms with Gasteiger partial charge in [-0.15, -0.1) is 0 Å². The molecule has 2 fully saturated rings. The second kappa shape index (κ2) is 34.5. The molecule has 21 nitrogen and oxygen atoms in total. The third-order valence-electron chi connectivity index (χ3n) is 14.6. The predicted octanol–water partition coefficient (Wildman–Crippen LogP) is 2.83. The Morgan fingerprint density at radius 2 is 1.28 bits per heavy atom. The van der Waals surface area contributed by atoms with Crippen molar-refractivity contribution in [1.29, 1.82) is 0 Å². The summed E-state index contributed by atoms with van der Waals surface area (Å²) in [5.74, 6) is -6.85. The Hall–Kier alpha value is -5.08. The van der Waals surface area contributed by atoms with Crippen LogP contribution in [0.4, 0.5) is 5.69 Å². The second-order valence-electron chi connectivity index (χ2n) is 21.6. The summed E-state index contributed by atoms with van der Waals surface area (Å²) >= 11 is 0. The number of ether oxygens (including phenoxy) is 5. The molecule has 19 atom stereocenters. The van der Waals surface area contributed by atoms with Crippen molar-refractivity contribution in [2.75, 3.05) is 19.5 Å². The highest BCUT2D eigenvalue weighted by atomic mass is 16.7. The highest BCUT2D eigenvalue weighted by Crippen LogP contribution is 2.39. The van der Waals surface area contributed by atoms with Gasteiger partial charge in [0.25, 0.3) is 0 Å². The fraction of sp³-hybridized carbons (Fsp3) is 0.600. The van der Waals surface area contributed by atoms with Gasteiger partial charge in [-0.1, -0.05) is 98.9 Å². The average Bonchev–Trinajstić information content (AvgIpc) is 3.43. The fourth-order valence-electron chi connectivity index (χ4n) is 10.2. The number of carbonyl (C=O) groups excluding carboxylic acids is 4. The van der Waals surface area contributed by atoms with Gasteiger partial charge in [0.15, 0.2) is 17.9 Å². The maximum atomic E-state index is 13.3. The zero-order chi connectivity index (χ0) is 59.8. The van der Waals surface area contributed by atoms with Crippen LogP contribution in [0.15, 0.2) is 109 Å². The molecule has 2 saturated heterocycles. The van der Waals surface area contributed by atoms with Crippen LogP contribution in [0, 0.1) is 17.8 Å². The topological polar surface area (TPSA) is 355 Å². The average molecular weight is 1140 g/mol. The first-order valence-electron chi connectivity index (χ1n) is 27.8. The minimum absolute atomic E-state index is 0.103. The molecule has 1 aromatic rings. The van der Waals surface area contributed by atoms with Crippen LogP contribution in [-0.4, -0.2) is 186 Å². The third-order valence-corrected chi connectivity index (χ3v) is 14.6. The Bertz CT molecular complexity index is 2320. The molecule has 452 valence electrons. The quantitative estimate of drug-likeness (QED) is 0.112. The van der Waals surface area contributed by atoms with Gasteiger partial charge >= 0.3 is 11.9 Å². The number of hydrogen-bond acceptors (Lipinski definition) is 21. The number of ketones is 2. The van der Waals surface area contributed by atoms with E-state index in [1.807, 2.05) is 19.9 Å². The molecule has 0 spiro atoms. The lowest BCUT2D eigenvalue weighted by molar-refractivity contribution is -0.308. The van der Waals surface area contributed by atoms with Gasteiger partial charge in [-0.3, -0.25) is 19.2 Å². The lowest BCUT2D eigenvalue weighted by atomic mass is 9.82. The number of fused-ring (bicyclic) bond motifs is 2. The predicted molar refractivity (Wildman–Crippen MR) is 299 cm³/mol. The Balaban J connectivity index is 1.55. The Morgan fingerprint density at radius 1 is 0.728 bits per heavy atom. The summed E-state index contributed by atoms with van der Waals surface area (Å²) in [4.78, 5) is 52.4. The van der Waals surface area contributed by atoms with E-state index in [2.05, 4.69) is 5.32 Å². The largest absolute Gasteiger partial charge is 0.469 e. The molecule has 3 aliphatic heterocycles. The summed E-state index contributed by atoms with van der Waals surface area (Å²) in [6, 6.07) is 5.77. The first-order valence-corrected chi connectivity index (χ1v) is 27.8. The molecular formula is C60H88N2O19. The van der Waals surface area contributed by atoms with Gasteiger partial charge in [0.2, 0.25) is 0 Å². The molecule has 0 aliphatic carbocycles. The van der Waals surface area contributed by atoms with E-state index < -0.39 is 160 Å². The molecular weight excluding hydrogens is 1050 g/mol. The van der Waals surface area contributed by atoms with Crippen molar-refractivity contribution in [2.24, 2.45) is 23.5 Å². The Morgan fingerprint density at radius 3 is 1.88 bits per heavy atom. The van der Waals surface area contributed by atoms with Crippen molar-refractivity contribution in [3.05, 3.63) is 115 Å². The molecule has 0 amide bonds. The number of cyclic esters (lactones) is 1. The van der Waals surface area contributed by atoms with Crippen LogP contribution >= 0.6 is 0 Å². The van der Waals surface area contributed by atoms with Crippen LogP contribution in [0.1, 0.15) is 108 Å². The Labute approximate surface area is 474 Å². The summed E-state index contributed by atoms with van der Waals surface area (Å²) in [7, 11) is 2.88. The number of carbonyl (C=O) groups is 4. The zero-order valence-electron chi connectivity index (χ0n) is 47.0. The minimum atomic E-state index is -2.29.